The molecule has 4 rings (SSSR count). The number of rotatable bonds is 7. The number of amides is 3. The maximum Gasteiger partial charge on any atom is 0.294 e. The highest BCUT2D eigenvalue weighted by atomic mass is 32.2. The molecular weight excluding hydrogens is 467 g/mol. The number of anilines is 1. The molecule has 0 spiro atoms. The van der Waals surface area contributed by atoms with Crippen LogP contribution in [0.2, 0.25) is 0 Å². The third-order valence-corrected chi connectivity index (χ3v) is 6.29. The molecule has 0 radical (unpaired) electrons. The number of carbonyl (C=O) groups is 3. The van der Waals surface area contributed by atoms with Crippen molar-refractivity contribution >= 4 is 40.6 Å². The molecule has 178 valence electrons. The summed E-state index contributed by atoms with van der Waals surface area (Å²) in [4.78, 5) is 39.0. The molecule has 0 atom stereocenters. The fourth-order valence-corrected chi connectivity index (χ4v) is 4.40. The van der Waals surface area contributed by atoms with E-state index in [2.05, 4.69) is 5.32 Å². The van der Waals surface area contributed by atoms with Gasteiger partial charge in [0.25, 0.3) is 11.1 Å². The molecular formula is C27H23FN2O4S. The largest absolute Gasteiger partial charge is 0.488 e. The van der Waals surface area contributed by atoms with E-state index in [9.17, 15) is 18.8 Å². The molecule has 8 heteroatoms. The molecule has 1 aliphatic rings. The van der Waals surface area contributed by atoms with Crippen LogP contribution < -0.4 is 10.1 Å². The number of benzene rings is 3. The van der Waals surface area contributed by atoms with Gasteiger partial charge in [-0.1, -0.05) is 54.1 Å². The van der Waals surface area contributed by atoms with E-state index in [4.69, 9.17) is 4.74 Å². The molecule has 0 aliphatic carbocycles. The van der Waals surface area contributed by atoms with E-state index in [1.807, 2.05) is 26.0 Å². The number of aryl methyl sites for hydroxylation is 2. The Labute approximate surface area is 206 Å². The summed E-state index contributed by atoms with van der Waals surface area (Å²) in [5.74, 6) is -0.950. The molecule has 1 saturated heterocycles. The lowest BCUT2D eigenvalue weighted by Crippen LogP contribution is -2.36. The maximum atomic E-state index is 13.9. The Kier molecular flexibility index (Phi) is 7.31. The highest BCUT2D eigenvalue weighted by Crippen LogP contribution is 2.34. The van der Waals surface area contributed by atoms with Crippen molar-refractivity contribution in [2.45, 2.75) is 20.5 Å². The molecule has 0 bridgehead atoms. The van der Waals surface area contributed by atoms with Gasteiger partial charge in [-0.25, -0.2) is 4.39 Å². The number of halogens is 1. The predicted octanol–water partition coefficient (Wildman–Crippen LogP) is 5.70. The maximum absolute atomic E-state index is 13.9. The molecule has 3 aromatic carbocycles. The molecule has 6 nitrogen and oxygen atoms in total. The molecule has 0 saturated carbocycles. The van der Waals surface area contributed by atoms with Crippen LogP contribution in [0, 0.1) is 19.7 Å². The summed E-state index contributed by atoms with van der Waals surface area (Å²) in [6.07, 6.45) is 1.55. The van der Waals surface area contributed by atoms with Gasteiger partial charge >= 0.3 is 0 Å². The fraction of sp³-hybridized carbons (Fsp3) is 0.148. The quantitative estimate of drug-likeness (QED) is 0.430. The summed E-state index contributed by atoms with van der Waals surface area (Å²) in [5, 5.41) is 2.23. The topological polar surface area (TPSA) is 75.7 Å². The van der Waals surface area contributed by atoms with Crippen LogP contribution in [-0.4, -0.2) is 28.5 Å². The van der Waals surface area contributed by atoms with Crippen LogP contribution in [0.15, 0.2) is 71.6 Å². The van der Waals surface area contributed by atoms with Crippen molar-refractivity contribution < 1.29 is 23.5 Å². The zero-order valence-corrected chi connectivity index (χ0v) is 20.0. The number of para-hydroxylation sites is 1. The summed E-state index contributed by atoms with van der Waals surface area (Å²) in [7, 11) is 0. The Morgan fingerprint density at radius 1 is 1.06 bits per heavy atom. The highest BCUT2D eigenvalue weighted by Gasteiger charge is 2.36. The number of carbonyl (C=O) groups excluding carboxylic acids is 3. The van der Waals surface area contributed by atoms with E-state index in [1.54, 1.807) is 54.6 Å². The lowest BCUT2D eigenvalue weighted by Gasteiger charge is -2.14. The van der Waals surface area contributed by atoms with Crippen LogP contribution in [0.1, 0.15) is 22.3 Å². The number of thioether (sulfide) groups is 1. The molecule has 35 heavy (non-hydrogen) atoms. The fourth-order valence-electron chi connectivity index (χ4n) is 3.57. The zero-order valence-electron chi connectivity index (χ0n) is 19.2. The van der Waals surface area contributed by atoms with Crippen molar-refractivity contribution in [3.8, 4) is 5.75 Å². The molecule has 3 aromatic rings. The van der Waals surface area contributed by atoms with Crippen molar-refractivity contribution in [3.05, 3.63) is 99.7 Å². The van der Waals surface area contributed by atoms with Crippen molar-refractivity contribution in [1.82, 2.24) is 4.90 Å². The van der Waals surface area contributed by atoms with Gasteiger partial charge in [-0.2, -0.15) is 0 Å². The van der Waals surface area contributed by atoms with Gasteiger partial charge < -0.3 is 10.1 Å². The molecule has 0 aromatic heterocycles. The monoisotopic (exact) mass is 490 g/mol. The van der Waals surface area contributed by atoms with Gasteiger partial charge in [0.15, 0.2) is 0 Å². The Morgan fingerprint density at radius 3 is 2.57 bits per heavy atom. The zero-order chi connectivity index (χ0) is 24.9. The second-order valence-electron chi connectivity index (χ2n) is 8.05. The lowest BCUT2D eigenvalue weighted by atomic mass is 10.1. The normalized spacial score (nSPS) is 14.5. The van der Waals surface area contributed by atoms with Crippen LogP contribution in [0.5, 0.6) is 5.75 Å². The van der Waals surface area contributed by atoms with Crippen LogP contribution in [-0.2, 0) is 16.2 Å². The van der Waals surface area contributed by atoms with Gasteiger partial charge in [0.1, 0.15) is 24.7 Å². The van der Waals surface area contributed by atoms with E-state index >= 15 is 0 Å². The summed E-state index contributed by atoms with van der Waals surface area (Å²) in [6, 6.07) is 18.9. The van der Waals surface area contributed by atoms with Gasteiger partial charge in [-0.3, -0.25) is 19.3 Å². The minimum Gasteiger partial charge on any atom is -0.488 e. The molecule has 1 heterocycles. The number of nitrogens with zero attached hydrogens (tertiary/aromatic N) is 1. The standard InChI is InChI=1S/C27H23FN2O4S/c1-17-11-12-22(18(2)13-17)29-25(31)15-30-26(32)24(35-27(30)33)14-19-7-4-6-10-23(19)34-16-20-8-3-5-9-21(20)28/h3-14H,15-16H2,1-2H3,(H,29,31)/b24-14+. The van der Waals surface area contributed by atoms with Crippen molar-refractivity contribution in [3.63, 3.8) is 0 Å². The highest BCUT2D eigenvalue weighted by molar-refractivity contribution is 8.18. The van der Waals surface area contributed by atoms with Gasteiger partial charge in [0.05, 0.1) is 4.91 Å². The van der Waals surface area contributed by atoms with Crippen LogP contribution in [0.4, 0.5) is 14.9 Å². The SMILES string of the molecule is Cc1ccc(NC(=O)CN2C(=O)S/C(=C/c3ccccc3OCc3ccccc3F)C2=O)c(C)c1. The Bertz CT molecular complexity index is 1340. The second kappa shape index (κ2) is 10.6. The summed E-state index contributed by atoms with van der Waals surface area (Å²) in [5.41, 5.74) is 3.55. The van der Waals surface area contributed by atoms with E-state index < -0.39 is 17.1 Å². The van der Waals surface area contributed by atoms with E-state index in [0.717, 1.165) is 27.8 Å². The van der Waals surface area contributed by atoms with E-state index in [0.29, 0.717) is 22.6 Å². The van der Waals surface area contributed by atoms with E-state index in [-0.39, 0.29) is 23.9 Å². The predicted molar refractivity (Wildman–Crippen MR) is 134 cm³/mol. The van der Waals surface area contributed by atoms with Crippen LogP contribution in [0.25, 0.3) is 6.08 Å². The Balaban J connectivity index is 1.46. The lowest BCUT2D eigenvalue weighted by molar-refractivity contribution is -0.127. The molecule has 1 fully saturated rings. The summed E-state index contributed by atoms with van der Waals surface area (Å²) < 4.78 is 19.7. The van der Waals surface area contributed by atoms with Crippen molar-refractivity contribution in [2.75, 3.05) is 11.9 Å². The van der Waals surface area contributed by atoms with Gasteiger partial charge in [0, 0.05) is 16.8 Å². The first-order valence-corrected chi connectivity index (χ1v) is 11.7. The van der Waals surface area contributed by atoms with Gasteiger partial charge in [-0.05, 0) is 55.4 Å². The number of hydrogen-bond donors (Lipinski definition) is 1. The number of nitrogens with one attached hydrogen (secondary N) is 1. The number of imide groups is 1. The second-order valence-corrected chi connectivity index (χ2v) is 9.05. The summed E-state index contributed by atoms with van der Waals surface area (Å²) in [6.45, 7) is 3.45. The minimum atomic E-state index is -0.556. The smallest absolute Gasteiger partial charge is 0.294 e. The van der Waals surface area contributed by atoms with Gasteiger partial charge in [0.2, 0.25) is 5.91 Å². The average molecular weight is 491 g/mol. The average Bonchev–Trinajstić information content (AvgIpc) is 3.08. The van der Waals surface area contributed by atoms with Crippen molar-refractivity contribution in [1.29, 1.82) is 0 Å². The number of hydrogen-bond acceptors (Lipinski definition) is 5. The molecule has 1 N–H and O–H groups in total. The Hall–Kier alpha value is -3.91. The molecule has 0 unspecified atom stereocenters. The van der Waals surface area contributed by atoms with Crippen LogP contribution in [0.3, 0.4) is 0 Å². The van der Waals surface area contributed by atoms with Crippen molar-refractivity contribution in [2.24, 2.45) is 0 Å². The first-order valence-electron chi connectivity index (χ1n) is 10.9. The number of ether oxygens (including phenoxy) is 1. The molecule has 1 aliphatic heterocycles. The first kappa shape index (κ1) is 24.2. The summed E-state index contributed by atoms with van der Waals surface area (Å²) >= 11 is 0.759. The first-order chi connectivity index (χ1) is 16.8. The van der Waals surface area contributed by atoms with Gasteiger partial charge in [-0.15, -0.1) is 0 Å². The molecule has 3 amide bonds. The van der Waals surface area contributed by atoms with E-state index in [1.165, 1.54) is 6.07 Å². The third kappa shape index (κ3) is 5.78. The third-order valence-electron chi connectivity index (χ3n) is 5.38. The Morgan fingerprint density at radius 2 is 1.80 bits per heavy atom. The van der Waals surface area contributed by atoms with Crippen LogP contribution >= 0.6 is 11.8 Å². The minimum absolute atomic E-state index is 0.0115.